The van der Waals surface area contributed by atoms with Gasteiger partial charge in [0, 0.05) is 37.5 Å². The Morgan fingerprint density at radius 3 is 2.13 bits per heavy atom. The predicted octanol–water partition coefficient (Wildman–Crippen LogP) is 7.60. The van der Waals surface area contributed by atoms with Crippen LogP contribution < -0.4 is 20.8 Å². The fourth-order valence-corrected chi connectivity index (χ4v) is 8.62. The van der Waals surface area contributed by atoms with Gasteiger partial charge in [0.25, 0.3) is 5.95 Å². The lowest BCUT2D eigenvalue weighted by Gasteiger charge is -2.33. The molecule has 0 saturated carbocycles. The zero-order valence-electron chi connectivity index (χ0n) is 25.8. The van der Waals surface area contributed by atoms with Gasteiger partial charge in [0.2, 0.25) is 0 Å². The maximum Gasteiger partial charge on any atom is 0.265 e. The number of hydrogen-bond acceptors (Lipinski definition) is 5. The Morgan fingerprint density at radius 1 is 0.574 bits per heavy atom. The lowest BCUT2D eigenvalue weighted by atomic mass is 9.83. The summed E-state index contributed by atoms with van der Waals surface area (Å²) in [4.78, 5) is 17.7. The largest absolute Gasteiger partial charge is 0.371 e. The minimum absolute atomic E-state index is 0.513. The molecule has 9 aromatic rings. The summed E-state index contributed by atoms with van der Waals surface area (Å²) in [5.41, 5.74) is 8.33. The molecule has 0 bridgehead atoms. The SMILES string of the molecule is Bc1ccc(B)c2c(-c3ccccc3)nc(N3Oc4ccc5ccccc5c4-c4c3c3sc5ccccc5c3c3ccccc43)nc12. The van der Waals surface area contributed by atoms with E-state index in [4.69, 9.17) is 14.8 Å². The minimum atomic E-state index is 0.513. The van der Waals surface area contributed by atoms with Gasteiger partial charge in [0.1, 0.15) is 21.4 Å². The summed E-state index contributed by atoms with van der Waals surface area (Å²) in [5.74, 6) is 1.30. The van der Waals surface area contributed by atoms with Gasteiger partial charge in [-0.2, -0.15) is 0 Å². The molecule has 10 rings (SSSR count). The second-order valence-corrected chi connectivity index (χ2v) is 13.3. The minimum Gasteiger partial charge on any atom is -0.371 e. The van der Waals surface area contributed by atoms with Crippen LogP contribution in [0.1, 0.15) is 0 Å². The maximum absolute atomic E-state index is 7.03. The summed E-state index contributed by atoms with van der Waals surface area (Å²) >= 11 is 1.80. The molecule has 7 aromatic carbocycles. The van der Waals surface area contributed by atoms with E-state index in [1.54, 1.807) is 11.3 Å². The van der Waals surface area contributed by atoms with E-state index in [-0.39, 0.29) is 0 Å². The molecular weight excluding hydrogens is 592 g/mol. The molecule has 2 aromatic heterocycles. The third-order valence-electron chi connectivity index (χ3n) is 9.52. The Morgan fingerprint density at radius 2 is 1.28 bits per heavy atom. The molecule has 0 N–H and O–H groups in total. The van der Waals surface area contributed by atoms with Crippen molar-refractivity contribution in [2.24, 2.45) is 0 Å². The van der Waals surface area contributed by atoms with E-state index in [0.29, 0.717) is 5.95 Å². The molecule has 218 valence electrons. The molecule has 0 aliphatic carbocycles. The summed E-state index contributed by atoms with van der Waals surface area (Å²) in [6, 6.07) is 45.0. The molecule has 0 saturated heterocycles. The molecule has 47 heavy (non-hydrogen) atoms. The summed E-state index contributed by atoms with van der Waals surface area (Å²) in [5, 5.41) is 10.2. The topological polar surface area (TPSA) is 38.2 Å². The van der Waals surface area contributed by atoms with E-state index in [2.05, 4.69) is 137 Å². The lowest BCUT2D eigenvalue weighted by molar-refractivity contribution is 0.316. The van der Waals surface area contributed by atoms with Gasteiger partial charge in [-0.25, -0.2) is 9.97 Å². The molecule has 0 unspecified atom stereocenters. The van der Waals surface area contributed by atoms with E-state index < -0.39 is 0 Å². The zero-order chi connectivity index (χ0) is 31.2. The van der Waals surface area contributed by atoms with Crippen molar-refractivity contribution >= 4 is 102 Å². The highest BCUT2D eigenvalue weighted by molar-refractivity contribution is 7.26. The van der Waals surface area contributed by atoms with Crippen LogP contribution in [0.2, 0.25) is 0 Å². The van der Waals surface area contributed by atoms with Crippen LogP contribution >= 0.6 is 11.3 Å². The van der Waals surface area contributed by atoms with E-state index in [0.717, 1.165) is 65.7 Å². The number of aromatic nitrogens is 2. The van der Waals surface area contributed by atoms with Crippen LogP contribution in [0, 0.1) is 0 Å². The molecule has 1 aliphatic rings. The molecule has 0 amide bonds. The Balaban J connectivity index is 1.39. The molecule has 0 atom stereocenters. The highest BCUT2D eigenvalue weighted by Crippen LogP contribution is 2.56. The second kappa shape index (κ2) is 9.92. The van der Waals surface area contributed by atoms with Gasteiger partial charge >= 0.3 is 0 Å². The highest BCUT2D eigenvalue weighted by atomic mass is 32.1. The van der Waals surface area contributed by atoms with Crippen molar-refractivity contribution in [1.29, 1.82) is 0 Å². The Kier molecular flexibility index (Phi) is 5.61. The van der Waals surface area contributed by atoms with Gasteiger partial charge in [0.05, 0.1) is 15.9 Å². The Bertz CT molecular complexity index is 2760. The number of thiophene rings is 1. The van der Waals surface area contributed by atoms with Crippen molar-refractivity contribution < 1.29 is 4.84 Å². The predicted molar refractivity (Wildman–Crippen MR) is 204 cm³/mol. The monoisotopic (exact) mass is 617 g/mol. The van der Waals surface area contributed by atoms with Gasteiger partial charge < -0.3 is 4.84 Å². The maximum atomic E-state index is 7.03. The Hall–Kier alpha value is -5.65. The first-order valence-corrected chi connectivity index (χ1v) is 16.7. The number of benzene rings is 7. The number of fused-ring (bicyclic) bond motifs is 13. The fourth-order valence-electron chi connectivity index (χ4n) is 7.37. The molecule has 3 heterocycles. The van der Waals surface area contributed by atoms with Crippen molar-refractivity contribution in [2.75, 3.05) is 5.06 Å². The highest BCUT2D eigenvalue weighted by Gasteiger charge is 2.34. The van der Waals surface area contributed by atoms with E-state index >= 15 is 0 Å². The Labute approximate surface area is 276 Å². The van der Waals surface area contributed by atoms with Crippen molar-refractivity contribution in [1.82, 2.24) is 9.97 Å². The van der Waals surface area contributed by atoms with E-state index in [1.165, 1.54) is 31.6 Å². The van der Waals surface area contributed by atoms with Crippen LogP contribution in [-0.2, 0) is 0 Å². The van der Waals surface area contributed by atoms with E-state index in [1.807, 2.05) is 11.1 Å². The van der Waals surface area contributed by atoms with Gasteiger partial charge in [-0.15, -0.1) is 16.4 Å². The number of nitrogens with zero attached hydrogens (tertiary/aromatic N) is 3. The van der Waals surface area contributed by atoms with Crippen LogP contribution in [0.25, 0.3) is 75.0 Å². The number of hydrogen-bond donors (Lipinski definition) is 0. The lowest BCUT2D eigenvalue weighted by Crippen LogP contribution is -2.29. The van der Waals surface area contributed by atoms with Crippen LogP contribution in [-0.4, -0.2) is 25.7 Å². The fraction of sp³-hybridized carbons (Fsp3) is 0. The normalized spacial score (nSPS) is 12.6. The summed E-state index contributed by atoms with van der Waals surface area (Å²) in [7, 11) is 4.26. The van der Waals surface area contributed by atoms with Crippen molar-refractivity contribution in [2.45, 2.75) is 0 Å². The third-order valence-corrected chi connectivity index (χ3v) is 10.7. The first-order chi connectivity index (χ1) is 23.2. The van der Waals surface area contributed by atoms with Crippen LogP contribution in [0.5, 0.6) is 5.75 Å². The first-order valence-electron chi connectivity index (χ1n) is 15.9. The summed E-state index contributed by atoms with van der Waals surface area (Å²) in [6.07, 6.45) is 0. The van der Waals surface area contributed by atoms with Gasteiger partial charge in [0.15, 0.2) is 5.75 Å². The first kappa shape index (κ1) is 26.6. The zero-order valence-corrected chi connectivity index (χ0v) is 26.6. The van der Waals surface area contributed by atoms with Crippen LogP contribution in [0.3, 0.4) is 0 Å². The molecule has 1 aliphatic heterocycles. The summed E-state index contributed by atoms with van der Waals surface area (Å²) in [6.45, 7) is 0. The summed E-state index contributed by atoms with van der Waals surface area (Å²) < 4.78 is 2.39. The van der Waals surface area contributed by atoms with Crippen molar-refractivity contribution in [3.8, 4) is 28.1 Å². The molecule has 0 fully saturated rings. The quantitative estimate of drug-likeness (QED) is 0.187. The van der Waals surface area contributed by atoms with Crippen molar-refractivity contribution in [3.63, 3.8) is 0 Å². The van der Waals surface area contributed by atoms with Gasteiger partial charge in [-0.05, 0) is 33.7 Å². The number of rotatable bonds is 2. The van der Waals surface area contributed by atoms with E-state index in [9.17, 15) is 0 Å². The van der Waals surface area contributed by atoms with Gasteiger partial charge in [-0.3, -0.25) is 0 Å². The van der Waals surface area contributed by atoms with Gasteiger partial charge in [-0.1, -0.05) is 126 Å². The van der Waals surface area contributed by atoms with Crippen molar-refractivity contribution in [3.05, 3.63) is 127 Å². The second-order valence-electron chi connectivity index (χ2n) is 12.3. The van der Waals surface area contributed by atoms with Crippen LogP contribution in [0.4, 0.5) is 11.6 Å². The molecule has 4 nitrogen and oxygen atoms in total. The molecule has 0 radical (unpaired) electrons. The standard InChI is InChI=1S/C40H25B2N3OS/c41-28-19-20-29(42)37-35(28)36(23-11-2-1-3-12-23)43-40(44-37)45-38-34(33-24-13-5-4-10-22(24)18-21-30(33)46-45)26-15-7-6-14-25(26)32-27-16-8-9-17-31(27)47-39(32)38/h1-21H,41-42H2. The average Bonchev–Trinajstić information content (AvgIpc) is 3.52. The third kappa shape index (κ3) is 3.78. The molecular formula is C40H25B2N3OS. The molecule has 0 spiro atoms. The van der Waals surface area contributed by atoms with Crippen LogP contribution in [0.15, 0.2) is 127 Å². The average molecular weight is 617 g/mol. The molecule has 7 heteroatoms. The number of anilines is 2. The smallest absolute Gasteiger partial charge is 0.265 e.